The summed E-state index contributed by atoms with van der Waals surface area (Å²) in [6, 6.07) is 15.5. The number of benzene rings is 2. The van der Waals surface area contributed by atoms with Gasteiger partial charge in [-0.25, -0.2) is 22.6 Å². The van der Waals surface area contributed by atoms with Crippen LogP contribution in [0.5, 0.6) is 0 Å². The van der Waals surface area contributed by atoms with Crippen molar-refractivity contribution in [1.82, 2.24) is 14.5 Å². The molecule has 30 heavy (non-hydrogen) atoms. The Morgan fingerprint density at radius 1 is 1.20 bits per heavy atom. The summed E-state index contributed by atoms with van der Waals surface area (Å²) >= 11 is 1.67. The van der Waals surface area contributed by atoms with Gasteiger partial charge >= 0.3 is 5.97 Å². The third-order valence-corrected chi connectivity index (χ3v) is 6.45. The van der Waals surface area contributed by atoms with Crippen molar-refractivity contribution in [3.63, 3.8) is 0 Å². The zero-order valence-electron chi connectivity index (χ0n) is 16.6. The summed E-state index contributed by atoms with van der Waals surface area (Å²) in [6.07, 6.45) is 1.13. The summed E-state index contributed by atoms with van der Waals surface area (Å²) in [7, 11) is -3.26. The Kier molecular flexibility index (Phi) is 5.68. The standard InChI is InChI=1S/C21H21N3O4S2/c1-3-28-21(25)19-17-13-29-18-7-5-4-6-16(18)20(17)24(23-19)15-10-8-14(9-11-15)12-22-30(2,26)27/h4-11,22H,3,12-13H2,1-2H3. The lowest BCUT2D eigenvalue weighted by Gasteiger charge is -2.18. The summed E-state index contributed by atoms with van der Waals surface area (Å²) in [5.74, 6) is 0.207. The first kappa shape index (κ1) is 20.6. The number of esters is 1. The third-order valence-electron chi connectivity index (χ3n) is 4.69. The van der Waals surface area contributed by atoms with Crippen LogP contribution in [0.15, 0.2) is 53.4 Å². The number of fused-ring (bicyclic) bond motifs is 3. The van der Waals surface area contributed by atoms with Crippen LogP contribution in [0, 0.1) is 0 Å². The fourth-order valence-corrected chi connectivity index (χ4v) is 4.82. The van der Waals surface area contributed by atoms with Crippen molar-refractivity contribution < 1.29 is 17.9 Å². The van der Waals surface area contributed by atoms with Crippen molar-refractivity contribution in [2.24, 2.45) is 0 Å². The molecule has 0 unspecified atom stereocenters. The van der Waals surface area contributed by atoms with Crippen LogP contribution < -0.4 is 4.72 Å². The molecule has 1 aromatic heterocycles. The van der Waals surface area contributed by atoms with E-state index in [9.17, 15) is 13.2 Å². The summed E-state index contributed by atoms with van der Waals surface area (Å²) in [5.41, 5.74) is 4.71. The molecule has 4 rings (SSSR count). The van der Waals surface area contributed by atoms with E-state index in [1.54, 1.807) is 23.4 Å². The van der Waals surface area contributed by atoms with Crippen LogP contribution in [0.1, 0.15) is 28.5 Å². The molecule has 156 valence electrons. The van der Waals surface area contributed by atoms with Gasteiger partial charge in [0, 0.05) is 28.3 Å². The highest BCUT2D eigenvalue weighted by Crippen LogP contribution is 2.43. The molecule has 0 saturated carbocycles. The van der Waals surface area contributed by atoms with Gasteiger partial charge in [-0.05, 0) is 30.7 Å². The number of hydrogen-bond acceptors (Lipinski definition) is 6. The molecule has 7 nitrogen and oxygen atoms in total. The molecule has 1 aliphatic rings. The lowest BCUT2D eigenvalue weighted by atomic mass is 10.1. The minimum absolute atomic E-state index is 0.212. The highest BCUT2D eigenvalue weighted by Gasteiger charge is 2.29. The van der Waals surface area contributed by atoms with Crippen molar-refractivity contribution in [3.05, 3.63) is 65.4 Å². The van der Waals surface area contributed by atoms with Crippen molar-refractivity contribution >= 4 is 27.8 Å². The maximum absolute atomic E-state index is 12.5. The molecule has 0 amide bonds. The van der Waals surface area contributed by atoms with Gasteiger partial charge in [0.1, 0.15) is 0 Å². The van der Waals surface area contributed by atoms with E-state index in [1.807, 2.05) is 42.5 Å². The van der Waals surface area contributed by atoms with Crippen LogP contribution in [0.4, 0.5) is 0 Å². The third kappa shape index (κ3) is 4.14. The molecule has 0 fully saturated rings. The smallest absolute Gasteiger partial charge is 0.359 e. The maximum Gasteiger partial charge on any atom is 0.359 e. The van der Waals surface area contributed by atoms with Crippen LogP contribution in [0.3, 0.4) is 0 Å². The number of hydrogen-bond donors (Lipinski definition) is 1. The Hall–Kier alpha value is -2.62. The lowest BCUT2D eigenvalue weighted by molar-refractivity contribution is 0.0518. The first-order chi connectivity index (χ1) is 14.4. The molecule has 9 heteroatoms. The van der Waals surface area contributed by atoms with E-state index < -0.39 is 16.0 Å². The van der Waals surface area contributed by atoms with Crippen LogP contribution >= 0.6 is 11.8 Å². The van der Waals surface area contributed by atoms with Crippen LogP contribution in [0.2, 0.25) is 0 Å². The Bertz CT molecular complexity index is 1200. The molecule has 0 radical (unpaired) electrons. The number of carbonyl (C=O) groups is 1. The maximum atomic E-state index is 12.5. The fourth-order valence-electron chi connectivity index (χ4n) is 3.32. The van der Waals surface area contributed by atoms with E-state index in [0.29, 0.717) is 11.4 Å². The first-order valence-corrected chi connectivity index (χ1v) is 12.3. The molecular formula is C21H21N3O4S2. The van der Waals surface area contributed by atoms with Gasteiger partial charge in [-0.3, -0.25) is 0 Å². The van der Waals surface area contributed by atoms with Gasteiger partial charge < -0.3 is 4.74 Å². The predicted octanol–water partition coefficient (Wildman–Crippen LogP) is 3.37. The molecule has 0 saturated heterocycles. The molecular weight excluding hydrogens is 422 g/mol. The van der Waals surface area contributed by atoms with Gasteiger partial charge in [0.05, 0.1) is 24.2 Å². The van der Waals surface area contributed by atoms with Gasteiger partial charge in [0.2, 0.25) is 10.0 Å². The Morgan fingerprint density at radius 3 is 2.63 bits per heavy atom. The van der Waals surface area contributed by atoms with E-state index in [2.05, 4.69) is 15.9 Å². The van der Waals surface area contributed by atoms with Crippen LogP contribution in [0.25, 0.3) is 16.9 Å². The summed E-state index contributed by atoms with van der Waals surface area (Å²) in [5, 5.41) is 4.61. The Labute approximate surface area is 179 Å². The summed E-state index contributed by atoms with van der Waals surface area (Å²) in [6.45, 7) is 2.27. The monoisotopic (exact) mass is 443 g/mol. The van der Waals surface area contributed by atoms with Crippen molar-refractivity contribution in [2.45, 2.75) is 24.1 Å². The van der Waals surface area contributed by atoms with E-state index in [0.717, 1.165) is 39.2 Å². The number of carbonyl (C=O) groups excluding carboxylic acids is 1. The summed E-state index contributed by atoms with van der Waals surface area (Å²) in [4.78, 5) is 13.7. The zero-order chi connectivity index (χ0) is 21.3. The normalized spacial score (nSPS) is 12.9. The Morgan fingerprint density at radius 2 is 1.93 bits per heavy atom. The molecule has 0 atom stereocenters. The second-order valence-electron chi connectivity index (χ2n) is 6.85. The highest BCUT2D eigenvalue weighted by atomic mass is 32.2. The van der Waals surface area contributed by atoms with Crippen molar-refractivity contribution in [1.29, 1.82) is 0 Å². The predicted molar refractivity (Wildman–Crippen MR) is 116 cm³/mol. The molecule has 2 heterocycles. The molecule has 0 bridgehead atoms. The number of aromatic nitrogens is 2. The number of nitrogens with zero attached hydrogens (tertiary/aromatic N) is 2. The number of rotatable bonds is 6. The van der Waals surface area contributed by atoms with Gasteiger partial charge in [0.25, 0.3) is 0 Å². The molecule has 1 aliphatic heterocycles. The molecule has 3 aromatic rings. The van der Waals surface area contributed by atoms with Gasteiger partial charge in [-0.2, -0.15) is 5.10 Å². The van der Waals surface area contributed by atoms with Crippen molar-refractivity contribution in [3.8, 4) is 16.9 Å². The van der Waals surface area contributed by atoms with E-state index in [4.69, 9.17) is 4.74 Å². The average molecular weight is 444 g/mol. The number of ether oxygens (including phenoxy) is 1. The van der Waals surface area contributed by atoms with Gasteiger partial charge in [-0.15, -0.1) is 11.8 Å². The van der Waals surface area contributed by atoms with Gasteiger partial charge in [-0.1, -0.05) is 30.3 Å². The van der Waals surface area contributed by atoms with Crippen LogP contribution in [-0.2, 0) is 27.1 Å². The topological polar surface area (TPSA) is 90.3 Å². The van der Waals surface area contributed by atoms with E-state index in [-0.39, 0.29) is 13.2 Å². The highest BCUT2D eigenvalue weighted by molar-refractivity contribution is 7.98. The zero-order valence-corrected chi connectivity index (χ0v) is 18.2. The quantitative estimate of drug-likeness (QED) is 0.588. The fraction of sp³-hybridized carbons (Fsp3) is 0.238. The number of sulfonamides is 1. The molecule has 0 spiro atoms. The second-order valence-corrected chi connectivity index (χ2v) is 9.70. The average Bonchev–Trinajstić information content (AvgIpc) is 3.13. The minimum atomic E-state index is -3.26. The summed E-state index contributed by atoms with van der Waals surface area (Å²) < 4.78 is 32.1. The number of thioether (sulfide) groups is 1. The second kappa shape index (κ2) is 8.25. The van der Waals surface area contributed by atoms with Crippen molar-refractivity contribution in [2.75, 3.05) is 12.9 Å². The SMILES string of the molecule is CCOC(=O)c1nn(-c2ccc(CNS(C)(=O)=O)cc2)c2c1CSc1ccccc1-2. The molecule has 2 aromatic carbocycles. The van der Waals surface area contributed by atoms with Crippen LogP contribution in [-0.4, -0.2) is 37.0 Å². The first-order valence-electron chi connectivity index (χ1n) is 9.42. The Balaban J connectivity index is 1.78. The van der Waals surface area contributed by atoms with E-state index >= 15 is 0 Å². The number of nitrogens with one attached hydrogen (secondary N) is 1. The molecule has 0 aliphatic carbocycles. The minimum Gasteiger partial charge on any atom is -0.461 e. The van der Waals surface area contributed by atoms with Gasteiger partial charge in [0.15, 0.2) is 5.69 Å². The van der Waals surface area contributed by atoms with E-state index in [1.165, 1.54) is 0 Å². The largest absolute Gasteiger partial charge is 0.461 e. The molecule has 1 N–H and O–H groups in total. The lowest BCUT2D eigenvalue weighted by Crippen LogP contribution is -2.21.